The third-order valence-electron chi connectivity index (χ3n) is 5.83. The summed E-state index contributed by atoms with van der Waals surface area (Å²) < 4.78 is 7.60. The maximum absolute atomic E-state index is 13.1. The maximum atomic E-state index is 13.1. The molecule has 150 valence electrons. The van der Waals surface area contributed by atoms with E-state index >= 15 is 0 Å². The predicted octanol–water partition coefficient (Wildman–Crippen LogP) is 3.61. The number of carbonyl (C=O) groups excluding carboxylic acids is 1. The number of benzene rings is 1. The molecule has 5 nitrogen and oxygen atoms in total. The van der Waals surface area contributed by atoms with Crippen molar-refractivity contribution in [2.45, 2.75) is 52.2 Å². The van der Waals surface area contributed by atoms with Gasteiger partial charge in [-0.1, -0.05) is 29.8 Å². The highest BCUT2D eigenvalue weighted by molar-refractivity contribution is 5.92. The molecule has 0 N–H and O–H groups in total. The molecule has 0 unspecified atom stereocenters. The third kappa shape index (κ3) is 4.36. The van der Waals surface area contributed by atoms with Gasteiger partial charge < -0.3 is 9.64 Å². The SMILES string of the molecule is CO[C@H]1CCCN(C(=O)/C=C/c2c(C)nn(C)c2C)[C@H]1Cc1ccc(C)cc1. The summed E-state index contributed by atoms with van der Waals surface area (Å²) in [7, 11) is 3.67. The Hall–Kier alpha value is -2.40. The van der Waals surface area contributed by atoms with Crippen LogP contribution in [0.1, 0.15) is 40.9 Å². The van der Waals surface area contributed by atoms with Gasteiger partial charge in [0, 0.05) is 38.0 Å². The van der Waals surface area contributed by atoms with Crippen LogP contribution in [0.25, 0.3) is 6.08 Å². The van der Waals surface area contributed by atoms with Gasteiger partial charge in [-0.25, -0.2) is 0 Å². The Morgan fingerprint density at radius 1 is 1.25 bits per heavy atom. The normalized spacial score (nSPS) is 20.1. The van der Waals surface area contributed by atoms with Crippen LogP contribution in [-0.2, 0) is 23.0 Å². The number of methoxy groups -OCH3 is 1. The number of hydrogen-bond donors (Lipinski definition) is 0. The Kier molecular flexibility index (Phi) is 6.35. The van der Waals surface area contributed by atoms with E-state index < -0.39 is 0 Å². The van der Waals surface area contributed by atoms with Crippen molar-refractivity contribution in [2.24, 2.45) is 7.05 Å². The molecule has 1 aromatic heterocycles. The molecule has 2 heterocycles. The van der Waals surface area contributed by atoms with Crippen molar-refractivity contribution in [3.63, 3.8) is 0 Å². The highest BCUT2D eigenvalue weighted by Crippen LogP contribution is 2.24. The summed E-state index contributed by atoms with van der Waals surface area (Å²) in [5, 5.41) is 4.42. The summed E-state index contributed by atoms with van der Waals surface area (Å²) >= 11 is 0. The molecule has 2 atom stereocenters. The van der Waals surface area contributed by atoms with Gasteiger partial charge >= 0.3 is 0 Å². The largest absolute Gasteiger partial charge is 0.379 e. The minimum atomic E-state index is 0.0431. The van der Waals surface area contributed by atoms with E-state index in [-0.39, 0.29) is 18.1 Å². The number of nitrogens with zero attached hydrogens (tertiary/aromatic N) is 3. The van der Waals surface area contributed by atoms with Crippen molar-refractivity contribution in [2.75, 3.05) is 13.7 Å². The van der Waals surface area contributed by atoms with Gasteiger partial charge in [-0.05, 0) is 51.7 Å². The lowest BCUT2D eigenvalue weighted by Gasteiger charge is -2.40. The van der Waals surface area contributed by atoms with Gasteiger partial charge in [0.15, 0.2) is 0 Å². The van der Waals surface area contributed by atoms with Crippen molar-refractivity contribution in [1.29, 1.82) is 0 Å². The molecule has 0 bridgehead atoms. The van der Waals surface area contributed by atoms with E-state index in [2.05, 4.69) is 36.3 Å². The monoisotopic (exact) mass is 381 g/mol. The summed E-state index contributed by atoms with van der Waals surface area (Å²) in [5.41, 5.74) is 5.50. The molecule has 0 saturated carbocycles. The number of hydrogen-bond acceptors (Lipinski definition) is 3. The molecule has 5 heteroatoms. The Labute approximate surface area is 168 Å². The van der Waals surface area contributed by atoms with E-state index in [9.17, 15) is 4.79 Å². The summed E-state index contributed by atoms with van der Waals surface area (Å²) in [4.78, 5) is 15.1. The molecular weight excluding hydrogens is 350 g/mol. The number of likely N-dealkylation sites (tertiary alicyclic amines) is 1. The number of ether oxygens (including phenoxy) is 1. The molecule has 28 heavy (non-hydrogen) atoms. The topological polar surface area (TPSA) is 47.4 Å². The molecule has 1 fully saturated rings. The lowest BCUT2D eigenvalue weighted by molar-refractivity contribution is -0.134. The van der Waals surface area contributed by atoms with Gasteiger partial charge in [0.1, 0.15) is 0 Å². The fourth-order valence-corrected chi connectivity index (χ4v) is 4.06. The lowest BCUT2D eigenvalue weighted by atomic mass is 9.92. The number of carbonyl (C=O) groups is 1. The molecule has 1 saturated heterocycles. The smallest absolute Gasteiger partial charge is 0.246 e. The first-order chi connectivity index (χ1) is 13.4. The molecule has 1 aliphatic heterocycles. The summed E-state index contributed by atoms with van der Waals surface area (Å²) in [6.07, 6.45) is 6.42. The zero-order valence-electron chi connectivity index (χ0n) is 17.6. The van der Waals surface area contributed by atoms with Crippen LogP contribution < -0.4 is 0 Å². The highest BCUT2D eigenvalue weighted by atomic mass is 16.5. The minimum Gasteiger partial charge on any atom is -0.379 e. The number of amides is 1. The minimum absolute atomic E-state index is 0.0431. The van der Waals surface area contributed by atoms with Crippen LogP contribution in [0.4, 0.5) is 0 Å². The van der Waals surface area contributed by atoms with Gasteiger partial charge in [0.05, 0.1) is 17.8 Å². The molecular formula is C23H31N3O2. The van der Waals surface area contributed by atoms with Crippen molar-refractivity contribution < 1.29 is 9.53 Å². The standard InChI is InChI=1S/C23H31N3O2/c1-16-8-10-19(11-9-16)15-21-22(28-5)7-6-14-26(21)23(27)13-12-20-17(2)24-25(4)18(20)3/h8-13,21-22H,6-7,14-15H2,1-5H3/b13-12+/t21-,22-/m0/s1. The van der Waals surface area contributed by atoms with Gasteiger partial charge in [-0.15, -0.1) is 0 Å². The molecule has 2 aromatic rings. The molecule has 3 rings (SSSR count). The van der Waals surface area contributed by atoms with Crippen LogP contribution in [-0.4, -0.2) is 46.4 Å². The Balaban J connectivity index is 1.80. The van der Waals surface area contributed by atoms with Crippen molar-refractivity contribution >= 4 is 12.0 Å². The van der Waals surface area contributed by atoms with Crippen LogP contribution >= 0.6 is 0 Å². The first-order valence-corrected chi connectivity index (χ1v) is 9.98. The number of aromatic nitrogens is 2. The lowest BCUT2D eigenvalue weighted by Crippen LogP contribution is -2.52. The fraction of sp³-hybridized carbons (Fsp3) is 0.478. The summed E-state index contributed by atoms with van der Waals surface area (Å²) in [6.45, 7) is 6.85. The average molecular weight is 382 g/mol. The zero-order valence-corrected chi connectivity index (χ0v) is 17.6. The van der Waals surface area contributed by atoms with Crippen molar-refractivity contribution in [3.05, 3.63) is 58.4 Å². The fourth-order valence-electron chi connectivity index (χ4n) is 4.06. The van der Waals surface area contributed by atoms with Crippen LogP contribution in [0.3, 0.4) is 0 Å². The molecule has 1 aromatic carbocycles. The summed E-state index contributed by atoms with van der Waals surface area (Å²) in [5.74, 6) is 0.0431. The van der Waals surface area contributed by atoms with Gasteiger partial charge in [-0.3, -0.25) is 9.48 Å². The second-order valence-corrected chi connectivity index (χ2v) is 7.75. The second-order valence-electron chi connectivity index (χ2n) is 7.75. The van der Waals surface area contributed by atoms with E-state index in [0.29, 0.717) is 0 Å². The van der Waals surface area contributed by atoms with E-state index in [0.717, 1.165) is 42.8 Å². The second kappa shape index (κ2) is 8.74. The molecule has 0 spiro atoms. The molecule has 1 amide bonds. The number of piperidine rings is 1. The van der Waals surface area contributed by atoms with Crippen LogP contribution in [0.15, 0.2) is 30.3 Å². The summed E-state index contributed by atoms with van der Waals surface area (Å²) in [6, 6.07) is 8.60. The van der Waals surface area contributed by atoms with Crippen molar-refractivity contribution in [3.8, 4) is 0 Å². The predicted molar refractivity (Wildman–Crippen MR) is 112 cm³/mol. The zero-order chi connectivity index (χ0) is 20.3. The van der Waals surface area contributed by atoms with Crippen molar-refractivity contribution in [1.82, 2.24) is 14.7 Å². The van der Waals surface area contributed by atoms with Gasteiger partial charge in [0.25, 0.3) is 0 Å². The molecule has 1 aliphatic rings. The van der Waals surface area contributed by atoms with Crippen LogP contribution in [0, 0.1) is 20.8 Å². The Morgan fingerprint density at radius 2 is 1.96 bits per heavy atom. The van der Waals surface area contributed by atoms with E-state index in [4.69, 9.17) is 4.74 Å². The van der Waals surface area contributed by atoms with E-state index in [1.165, 1.54) is 11.1 Å². The Morgan fingerprint density at radius 3 is 2.57 bits per heavy atom. The number of rotatable bonds is 5. The molecule has 0 radical (unpaired) electrons. The van der Waals surface area contributed by atoms with Gasteiger partial charge in [-0.2, -0.15) is 5.10 Å². The van der Waals surface area contributed by atoms with Crippen LogP contribution in [0.5, 0.6) is 0 Å². The first kappa shape index (κ1) is 20.3. The highest BCUT2D eigenvalue weighted by Gasteiger charge is 2.33. The average Bonchev–Trinajstić information content (AvgIpc) is 2.93. The first-order valence-electron chi connectivity index (χ1n) is 9.98. The third-order valence-corrected chi connectivity index (χ3v) is 5.83. The Bertz CT molecular complexity index is 851. The van der Waals surface area contributed by atoms with E-state index in [1.807, 2.05) is 36.6 Å². The maximum Gasteiger partial charge on any atom is 0.246 e. The number of aryl methyl sites for hydroxylation is 3. The quantitative estimate of drug-likeness (QED) is 0.744. The van der Waals surface area contributed by atoms with E-state index in [1.54, 1.807) is 13.2 Å². The van der Waals surface area contributed by atoms with Crippen LogP contribution in [0.2, 0.25) is 0 Å². The molecule has 0 aliphatic carbocycles. The van der Waals surface area contributed by atoms with Gasteiger partial charge in [0.2, 0.25) is 5.91 Å².